The van der Waals surface area contributed by atoms with Gasteiger partial charge in [-0.2, -0.15) is 0 Å². The fraction of sp³-hybridized carbons (Fsp3) is 0.0769. The summed E-state index contributed by atoms with van der Waals surface area (Å²) in [6.07, 6.45) is 4.06. The zero-order chi connectivity index (χ0) is 24.1. The minimum atomic E-state index is -1.40. The van der Waals surface area contributed by atoms with E-state index in [1.54, 1.807) is 30.3 Å². The van der Waals surface area contributed by atoms with Crippen molar-refractivity contribution in [3.05, 3.63) is 120 Å². The first-order valence-corrected chi connectivity index (χ1v) is 10.4. The van der Waals surface area contributed by atoms with Crippen LogP contribution in [-0.2, 0) is 4.79 Å². The SMILES string of the molecule is Cc1ccc(N(C(=O)c2cnccn2)C(C(=O)Nc2ccc(F)cc2)c2ccccc2F)cc1. The zero-order valence-corrected chi connectivity index (χ0v) is 18.2. The number of benzene rings is 3. The summed E-state index contributed by atoms with van der Waals surface area (Å²) in [6.45, 7) is 1.88. The van der Waals surface area contributed by atoms with E-state index in [0.29, 0.717) is 11.4 Å². The van der Waals surface area contributed by atoms with Gasteiger partial charge in [0.15, 0.2) is 0 Å². The van der Waals surface area contributed by atoms with E-state index in [1.165, 1.54) is 66.0 Å². The predicted molar refractivity (Wildman–Crippen MR) is 124 cm³/mol. The number of hydrogen-bond acceptors (Lipinski definition) is 4. The van der Waals surface area contributed by atoms with Crippen LogP contribution in [0.1, 0.15) is 27.7 Å². The van der Waals surface area contributed by atoms with E-state index in [2.05, 4.69) is 15.3 Å². The molecule has 0 aliphatic heterocycles. The van der Waals surface area contributed by atoms with E-state index in [1.807, 2.05) is 6.92 Å². The lowest BCUT2D eigenvalue weighted by atomic mass is 10.0. The molecular weight excluding hydrogens is 438 g/mol. The van der Waals surface area contributed by atoms with Crippen LogP contribution < -0.4 is 10.2 Å². The van der Waals surface area contributed by atoms with Gasteiger partial charge in [0.25, 0.3) is 11.8 Å². The van der Waals surface area contributed by atoms with Crippen molar-refractivity contribution in [1.29, 1.82) is 0 Å². The number of halogens is 2. The second-order valence-electron chi connectivity index (χ2n) is 7.52. The zero-order valence-electron chi connectivity index (χ0n) is 18.2. The molecule has 1 atom stereocenters. The third-order valence-corrected chi connectivity index (χ3v) is 5.13. The number of nitrogens with zero attached hydrogens (tertiary/aromatic N) is 3. The average molecular weight is 458 g/mol. The fourth-order valence-corrected chi connectivity index (χ4v) is 3.46. The highest BCUT2D eigenvalue weighted by Gasteiger charge is 2.35. The summed E-state index contributed by atoms with van der Waals surface area (Å²) < 4.78 is 28.4. The summed E-state index contributed by atoms with van der Waals surface area (Å²) in [7, 11) is 0. The summed E-state index contributed by atoms with van der Waals surface area (Å²) in [5.41, 5.74) is 1.57. The lowest BCUT2D eigenvalue weighted by Crippen LogP contribution is -2.42. The minimum absolute atomic E-state index is 0.0140. The van der Waals surface area contributed by atoms with Crippen LogP contribution in [-0.4, -0.2) is 21.8 Å². The molecule has 0 bridgehead atoms. The molecule has 8 heteroatoms. The third-order valence-electron chi connectivity index (χ3n) is 5.13. The number of amides is 2. The molecule has 4 rings (SSSR count). The Morgan fingerprint density at radius 3 is 2.26 bits per heavy atom. The number of aromatic nitrogens is 2. The maximum absolute atomic E-state index is 15.0. The van der Waals surface area contributed by atoms with Gasteiger partial charge < -0.3 is 5.32 Å². The predicted octanol–water partition coefficient (Wildman–Crippen LogP) is 5.09. The highest BCUT2D eigenvalue weighted by atomic mass is 19.1. The van der Waals surface area contributed by atoms with Crippen molar-refractivity contribution in [2.24, 2.45) is 0 Å². The van der Waals surface area contributed by atoms with Gasteiger partial charge in [-0.3, -0.25) is 19.5 Å². The largest absolute Gasteiger partial charge is 0.324 e. The molecule has 34 heavy (non-hydrogen) atoms. The summed E-state index contributed by atoms with van der Waals surface area (Å²) in [4.78, 5) is 36.4. The molecule has 1 unspecified atom stereocenters. The van der Waals surface area contributed by atoms with Crippen LogP contribution in [0.3, 0.4) is 0 Å². The van der Waals surface area contributed by atoms with E-state index in [4.69, 9.17) is 0 Å². The van der Waals surface area contributed by atoms with Crippen molar-refractivity contribution in [2.45, 2.75) is 13.0 Å². The van der Waals surface area contributed by atoms with Crippen molar-refractivity contribution < 1.29 is 18.4 Å². The van der Waals surface area contributed by atoms with Gasteiger partial charge in [0, 0.05) is 29.3 Å². The quantitative estimate of drug-likeness (QED) is 0.437. The van der Waals surface area contributed by atoms with Gasteiger partial charge in [0.2, 0.25) is 0 Å². The molecule has 0 fully saturated rings. The Morgan fingerprint density at radius 2 is 1.62 bits per heavy atom. The summed E-state index contributed by atoms with van der Waals surface area (Å²) in [5, 5.41) is 2.66. The van der Waals surface area contributed by atoms with Crippen LogP contribution in [0.2, 0.25) is 0 Å². The molecule has 0 radical (unpaired) electrons. The normalized spacial score (nSPS) is 11.5. The van der Waals surface area contributed by atoms with E-state index in [9.17, 15) is 14.0 Å². The topological polar surface area (TPSA) is 75.2 Å². The Balaban J connectivity index is 1.85. The molecule has 6 nitrogen and oxygen atoms in total. The summed E-state index contributed by atoms with van der Waals surface area (Å²) in [5.74, 6) is -2.46. The molecule has 1 heterocycles. The monoisotopic (exact) mass is 458 g/mol. The molecule has 1 aromatic heterocycles. The number of aryl methyl sites for hydroxylation is 1. The first kappa shape index (κ1) is 22.7. The molecule has 0 aliphatic carbocycles. The molecule has 0 saturated heterocycles. The van der Waals surface area contributed by atoms with Crippen molar-refractivity contribution in [3.63, 3.8) is 0 Å². The van der Waals surface area contributed by atoms with Crippen LogP contribution in [0, 0.1) is 18.6 Å². The minimum Gasteiger partial charge on any atom is -0.324 e. The third kappa shape index (κ3) is 4.96. The number of nitrogens with one attached hydrogen (secondary N) is 1. The van der Waals surface area contributed by atoms with E-state index >= 15 is 4.39 Å². The molecule has 0 saturated carbocycles. The summed E-state index contributed by atoms with van der Waals surface area (Å²) >= 11 is 0. The number of anilines is 2. The number of rotatable bonds is 6. The number of carbonyl (C=O) groups excluding carboxylic acids is 2. The van der Waals surface area contributed by atoms with Gasteiger partial charge in [-0.05, 0) is 49.4 Å². The van der Waals surface area contributed by atoms with Crippen molar-refractivity contribution in [1.82, 2.24) is 9.97 Å². The maximum Gasteiger partial charge on any atom is 0.279 e. The number of carbonyl (C=O) groups is 2. The Hall–Kier alpha value is -4.46. The smallest absolute Gasteiger partial charge is 0.279 e. The van der Waals surface area contributed by atoms with Crippen LogP contribution in [0.4, 0.5) is 20.2 Å². The Morgan fingerprint density at radius 1 is 0.912 bits per heavy atom. The molecule has 0 spiro atoms. The van der Waals surface area contributed by atoms with Crippen LogP contribution >= 0.6 is 0 Å². The van der Waals surface area contributed by atoms with Crippen molar-refractivity contribution >= 4 is 23.2 Å². The molecular formula is C26H20F2N4O2. The molecule has 3 aromatic carbocycles. The Bertz CT molecular complexity index is 1300. The van der Waals surface area contributed by atoms with Crippen molar-refractivity contribution in [3.8, 4) is 0 Å². The molecule has 2 amide bonds. The molecule has 4 aromatic rings. The van der Waals surface area contributed by atoms with E-state index in [-0.39, 0.29) is 11.3 Å². The van der Waals surface area contributed by atoms with Crippen LogP contribution in [0.5, 0.6) is 0 Å². The van der Waals surface area contributed by atoms with E-state index in [0.717, 1.165) is 5.56 Å². The lowest BCUT2D eigenvalue weighted by molar-refractivity contribution is -0.117. The van der Waals surface area contributed by atoms with E-state index < -0.39 is 29.5 Å². The fourth-order valence-electron chi connectivity index (χ4n) is 3.46. The molecule has 170 valence electrons. The Kier molecular flexibility index (Phi) is 6.68. The molecule has 1 N–H and O–H groups in total. The summed E-state index contributed by atoms with van der Waals surface area (Å²) in [6, 6.07) is 16.4. The lowest BCUT2D eigenvalue weighted by Gasteiger charge is -2.31. The van der Waals surface area contributed by atoms with Crippen molar-refractivity contribution in [2.75, 3.05) is 10.2 Å². The van der Waals surface area contributed by atoms with Gasteiger partial charge in [-0.25, -0.2) is 13.8 Å². The highest BCUT2D eigenvalue weighted by Crippen LogP contribution is 2.32. The van der Waals surface area contributed by atoms with Gasteiger partial charge in [0.1, 0.15) is 23.4 Å². The second kappa shape index (κ2) is 9.99. The maximum atomic E-state index is 15.0. The van der Waals surface area contributed by atoms with Crippen LogP contribution in [0.25, 0.3) is 0 Å². The van der Waals surface area contributed by atoms with Gasteiger partial charge in [0.05, 0.1) is 6.20 Å². The first-order valence-electron chi connectivity index (χ1n) is 10.4. The molecule has 0 aliphatic rings. The average Bonchev–Trinajstić information content (AvgIpc) is 2.85. The first-order chi connectivity index (χ1) is 16.4. The highest BCUT2D eigenvalue weighted by molar-refractivity contribution is 6.11. The van der Waals surface area contributed by atoms with Crippen LogP contribution in [0.15, 0.2) is 91.4 Å². The Labute approximate surface area is 194 Å². The number of hydrogen-bond donors (Lipinski definition) is 1. The van der Waals surface area contributed by atoms with Gasteiger partial charge in [-0.1, -0.05) is 35.9 Å². The van der Waals surface area contributed by atoms with Gasteiger partial charge in [-0.15, -0.1) is 0 Å². The van der Waals surface area contributed by atoms with Gasteiger partial charge >= 0.3 is 0 Å². The second-order valence-corrected chi connectivity index (χ2v) is 7.52. The standard InChI is InChI=1S/C26H20F2N4O2/c1-17-6-12-20(13-7-17)32(26(34)23-16-29-14-15-30-23)24(21-4-2-3-5-22(21)28)25(33)31-19-10-8-18(27)9-11-19/h2-16,24H,1H3,(H,31,33).